The minimum atomic E-state index is 0.911. The molecule has 0 aliphatic heterocycles. The van der Waals surface area contributed by atoms with Crippen LogP contribution in [0.2, 0.25) is 0 Å². The number of nitrogens with zero attached hydrogens (tertiary/aromatic N) is 2. The first-order valence-corrected chi connectivity index (χ1v) is 6.49. The normalized spacial score (nSPS) is 10.9. The van der Waals surface area contributed by atoms with Crippen LogP contribution in [-0.2, 0) is 13.6 Å². The van der Waals surface area contributed by atoms with E-state index in [0.29, 0.717) is 0 Å². The van der Waals surface area contributed by atoms with E-state index >= 15 is 0 Å². The topological polar surface area (TPSA) is 29.9 Å². The third-order valence-corrected chi connectivity index (χ3v) is 3.66. The summed E-state index contributed by atoms with van der Waals surface area (Å²) >= 11 is 1.92. The predicted octanol–water partition coefficient (Wildman–Crippen LogP) is 2.34. The Morgan fingerprint density at radius 3 is 2.80 bits per heavy atom. The van der Waals surface area contributed by atoms with Crippen LogP contribution in [0.25, 0.3) is 0 Å². The summed E-state index contributed by atoms with van der Waals surface area (Å²) < 4.78 is 2.00. The standard InChI is InChI=1S/C11H21N3S/c1-5-6-7-15-11-10(8-12-3)9(2)13-14(11)4/h12H,5-8H2,1-4H3. The molecule has 0 unspecified atom stereocenters. The molecule has 0 atom stereocenters. The molecule has 0 bridgehead atoms. The molecule has 0 aliphatic carbocycles. The number of nitrogens with one attached hydrogen (secondary N) is 1. The maximum absolute atomic E-state index is 4.46. The Morgan fingerprint density at radius 2 is 2.20 bits per heavy atom. The van der Waals surface area contributed by atoms with E-state index in [1.807, 2.05) is 30.5 Å². The molecule has 0 saturated carbocycles. The van der Waals surface area contributed by atoms with E-state index in [2.05, 4.69) is 24.3 Å². The van der Waals surface area contributed by atoms with Crippen LogP contribution < -0.4 is 5.32 Å². The van der Waals surface area contributed by atoms with Crippen molar-refractivity contribution in [2.45, 2.75) is 38.3 Å². The second-order valence-corrected chi connectivity index (χ2v) is 4.81. The zero-order chi connectivity index (χ0) is 11.3. The highest BCUT2D eigenvalue weighted by atomic mass is 32.2. The van der Waals surface area contributed by atoms with Crippen molar-refractivity contribution in [1.82, 2.24) is 15.1 Å². The lowest BCUT2D eigenvalue weighted by Crippen LogP contribution is -2.07. The Bertz CT molecular complexity index is 307. The molecule has 3 nitrogen and oxygen atoms in total. The smallest absolute Gasteiger partial charge is 0.0984 e. The van der Waals surface area contributed by atoms with Crippen LogP contribution in [0, 0.1) is 6.92 Å². The maximum atomic E-state index is 4.46. The number of aromatic nitrogens is 2. The fourth-order valence-electron chi connectivity index (χ4n) is 1.55. The van der Waals surface area contributed by atoms with E-state index < -0.39 is 0 Å². The van der Waals surface area contributed by atoms with Crippen LogP contribution in [0.15, 0.2) is 5.03 Å². The molecule has 15 heavy (non-hydrogen) atoms. The third-order valence-electron chi connectivity index (χ3n) is 2.38. The fourth-order valence-corrected chi connectivity index (χ4v) is 2.80. The SMILES string of the molecule is CCCCSc1c(CNC)c(C)nn1C. The van der Waals surface area contributed by atoms with Gasteiger partial charge in [0.15, 0.2) is 0 Å². The summed E-state index contributed by atoms with van der Waals surface area (Å²) in [5.41, 5.74) is 2.49. The average molecular weight is 227 g/mol. The number of hydrogen-bond acceptors (Lipinski definition) is 3. The molecule has 1 aromatic rings. The predicted molar refractivity (Wildman–Crippen MR) is 66.3 cm³/mol. The first kappa shape index (κ1) is 12.6. The summed E-state index contributed by atoms with van der Waals surface area (Å²) in [5, 5.41) is 8.98. The van der Waals surface area contributed by atoms with Crippen molar-refractivity contribution in [1.29, 1.82) is 0 Å². The second kappa shape index (κ2) is 6.18. The highest BCUT2D eigenvalue weighted by Gasteiger charge is 2.12. The summed E-state index contributed by atoms with van der Waals surface area (Å²) in [6, 6.07) is 0. The molecular formula is C11H21N3S. The molecule has 0 fully saturated rings. The lowest BCUT2D eigenvalue weighted by molar-refractivity contribution is 0.683. The Kier molecular flexibility index (Phi) is 5.19. The summed E-state index contributed by atoms with van der Waals surface area (Å²) in [6.45, 7) is 5.22. The van der Waals surface area contributed by atoms with E-state index in [1.165, 1.54) is 29.2 Å². The molecule has 86 valence electrons. The molecular weight excluding hydrogens is 206 g/mol. The van der Waals surface area contributed by atoms with Gasteiger partial charge in [0.05, 0.1) is 10.7 Å². The van der Waals surface area contributed by atoms with E-state index in [4.69, 9.17) is 0 Å². The van der Waals surface area contributed by atoms with Crippen LogP contribution in [0.4, 0.5) is 0 Å². The molecule has 4 heteroatoms. The van der Waals surface area contributed by atoms with Gasteiger partial charge < -0.3 is 5.32 Å². The number of rotatable bonds is 6. The van der Waals surface area contributed by atoms with E-state index in [9.17, 15) is 0 Å². The molecule has 1 rings (SSSR count). The quantitative estimate of drug-likeness (QED) is 0.597. The van der Waals surface area contributed by atoms with Gasteiger partial charge in [-0.15, -0.1) is 11.8 Å². The minimum Gasteiger partial charge on any atom is -0.316 e. The van der Waals surface area contributed by atoms with Crippen molar-refractivity contribution in [3.05, 3.63) is 11.3 Å². The van der Waals surface area contributed by atoms with Crippen molar-refractivity contribution in [3.8, 4) is 0 Å². The summed E-state index contributed by atoms with van der Waals surface area (Å²) in [6.07, 6.45) is 2.53. The van der Waals surface area contributed by atoms with Gasteiger partial charge in [0, 0.05) is 19.2 Å². The molecule has 0 aromatic carbocycles. The molecule has 0 saturated heterocycles. The summed E-state index contributed by atoms with van der Waals surface area (Å²) in [7, 11) is 4.01. The molecule has 0 amide bonds. The molecule has 1 N–H and O–H groups in total. The molecule has 1 aromatic heterocycles. The number of hydrogen-bond donors (Lipinski definition) is 1. The van der Waals surface area contributed by atoms with E-state index in [0.717, 1.165) is 12.2 Å². The fraction of sp³-hybridized carbons (Fsp3) is 0.727. The average Bonchev–Trinajstić information content (AvgIpc) is 2.45. The lowest BCUT2D eigenvalue weighted by atomic mass is 10.3. The zero-order valence-corrected chi connectivity index (χ0v) is 10.9. The highest BCUT2D eigenvalue weighted by molar-refractivity contribution is 7.99. The maximum Gasteiger partial charge on any atom is 0.0984 e. The number of unbranched alkanes of at least 4 members (excludes halogenated alkanes) is 1. The summed E-state index contributed by atoms with van der Waals surface area (Å²) in [5.74, 6) is 1.19. The number of aryl methyl sites for hydroxylation is 2. The van der Waals surface area contributed by atoms with Crippen LogP contribution >= 0.6 is 11.8 Å². The van der Waals surface area contributed by atoms with Crippen molar-refractivity contribution in [2.75, 3.05) is 12.8 Å². The third kappa shape index (κ3) is 3.24. The molecule has 0 aliphatic rings. The first-order valence-electron chi connectivity index (χ1n) is 5.50. The van der Waals surface area contributed by atoms with Crippen LogP contribution in [-0.4, -0.2) is 22.6 Å². The zero-order valence-electron chi connectivity index (χ0n) is 10.1. The van der Waals surface area contributed by atoms with Gasteiger partial charge >= 0.3 is 0 Å². The van der Waals surface area contributed by atoms with Crippen LogP contribution in [0.5, 0.6) is 0 Å². The Balaban J connectivity index is 2.74. The van der Waals surface area contributed by atoms with Crippen LogP contribution in [0.3, 0.4) is 0 Å². The Labute approximate surface area is 96.6 Å². The highest BCUT2D eigenvalue weighted by Crippen LogP contribution is 2.25. The monoisotopic (exact) mass is 227 g/mol. The van der Waals surface area contributed by atoms with E-state index in [-0.39, 0.29) is 0 Å². The Morgan fingerprint density at radius 1 is 1.47 bits per heavy atom. The second-order valence-electron chi connectivity index (χ2n) is 3.73. The molecule has 1 heterocycles. The number of thioether (sulfide) groups is 1. The van der Waals surface area contributed by atoms with Crippen molar-refractivity contribution in [3.63, 3.8) is 0 Å². The van der Waals surface area contributed by atoms with Gasteiger partial charge in [-0.05, 0) is 26.1 Å². The molecule has 0 radical (unpaired) electrons. The summed E-state index contributed by atoms with van der Waals surface area (Å²) in [4.78, 5) is 0. The van der Waals surface area contributed by atoms with Gasteiger partial charge in [-0.3, -0.25) is 4.68 Å². The van der Waals surface area contributed by atoms with Crippen LogP contribution in [0.1, 0.15) is 31.0 Å². The van der Waals surface area contributed by atoms with Gasteiger partial charge in [-0.1, -0.05) is 13.3 Å². The van der Waals surface area contributed by atoms with E-state index in [1.54, 1.807) is 0 Å². The van der Waals surface area contributed by atoms with Gasteiger partial charge in [-0.25, -0.2) is 0 Å². The van der Waals surface area contributed by atoms with Gasteiger partial charge in [0.2, 0.25) is 0 Å². The first-order chi connectivity index (χ1) is 7.20. The van der Waals surface area contributed by atoms with Gasteiger partial charge in [0.25, 0.3) is 0 Å². The minimum absolute atomic E-state index is 0.911. The van der Waals surface area contributed by atoms with Crippen molar-refractivity contribution >= 4 is 11.8 Å². The van der Waals surface area contributed by atoms with Gasteiger partial charge in [0.1, 0.15) is 0 Å². The van der Waals surface area contributed by atoms with Gasteiger partial charge in [-0.2, -0.15) is 5.10 Å². The van der Waals surface area contributed by atoms with Crippen molar-refractivity contribution in [2.24, 2.45) is 7.05 Å². The largest absolute Gasteiger partial charge is 0.316 e. The lowest BCUT2D eigenvalue weighted by Gasteiger charge is -2.05. The molecule has 0 spiro atoms. The van der Waals surface area contributed by atoms with Crippen molar-refractivity contribution < 1.29 is 0 Å². The Hall–Kier alpha value is -0.480.